The molecule has 0 aromatic heterocycles. The number of esters is 4. The average Bonchev–Trinajstić information content (AvgIpc) is 3.38. The minimum absolute atomic E-state index is 0.0684. The van der Waals surface area contributed by atoms with Crippen LogP contribution in [0.1, 0.15) is 41.4 Å². The van der Waals surface area contributed by atoms with Gasteiger partial charge in [0.25, 0.3) is 0 Å². The van der Waals surface area contributed by atoms with Crippen molar-refractivity contribution in [2.24, 2.45) is 16.2 Å². The number of hydrogen-bond acceptors (Lipinski definition) is 16. The molecule has 0 saturated carbocycles. The molecule has 0 N–H and O–H groups in total. The molecule has 0 aliphatic heterocycles. The maximum Gasteiger partial charge on any atom is 0.338 e. The Balaban J connectivity index is 2.22. The first-order chi connectivity index (χ1) is 34.4. The highest BCUT2D eigenvalue weighted by molar-refractivity contribution is 5.94. The summed E-state index contributed by atoms with van der Waals surface area (Å²) >= 11 is 0. The van der Waals surface area contributed by atoms with E-state index >= 15 is 0 Å². The second kappa shape index (κ2) is 35.9. The van der Waals surface area contributed by atoms with Crippen LogP contribution < -0.4 is 0 Å². The highest BCUT2D eigenvalue weighted by Crippen LogP contribution is 2.26. The molecule has 0 radical (unpaired) electrons. The van der Waals surface area contributed by atoms with Gasteiger partial charge in [0, 0.05) is 0 Å². The molecule has 0 atom stereocenters. The van der Waals surface area contributed by atoms with Gasteiger partial charge in [0.05, 0.1) is 144 Å². The number of rotatable bonds is 44. The fourth-order valence-electron chi connectivity index (χ4n) is 6.31. The van der Waals surface area contributed by atoms with Crippen LogP contribution in [0.2, 0.25) is 0 Å². The van der Waals surface area contributed by atoms with E-state index in [-0.39, 0.29) is 154 Å². The summed E-state index contributed by atoms with van der Waals surface area (Å²) < 4.78 is 69.1. The molecule has 0 bridgehead atoms. The van der Waals surface area contributed by atoms with Gasteiger partial charge in [-0.2, -0.15) is 0 Å². The Labute approximate surface area is 419 Å². The molecule has 0 unspecified atom stereocenters. The van der Waals surface area contributed by atoms with Crippen LogP contribution in [0, 0.1) is 16.2 Å². The van der Waals surface area contributed by atoms with E-state index in [0.29, 0.717) is 0 Å². The smallest absolute Gasteiger partial charge is 0.338 e. The zero-order valence-electron chi connectivity index (χ0n) is 41.1. The summed E-state index contributed by atoms with van der Waals surface area (Å²) in [6.07, 6.45) is 12.7. The summed E-state index contributed by atoms with van der Waals surface area (Å²) in [6.45, 7) is 31.3. The topological polar surface area (TPSA) is 179 Å². The van der Waals surface area contributed by atoms with Gasteiger partial charge in [-0.1, -0.05) is 48.6 Å². The van der Waals surface area contributed by atoms with Crippen LogP contribution in [0.15, 0.2) is 150 Å². The van der Waals surface area contributed by atoms with Crippen LogP contribution >= 0.6 is 0 Å². The van der Waals surface area contributed by atoms with Crippen molar-refractivity contribution in [2.45, 2.75) is 0 Å². The van der Waals surface area contributed by atoms with Crippen molar-refractivity contribution in [1.29, 1.82) is 0 Å². The third-order valence-electron chi connectivity index (χ3n) is 9.90. The van der Waals surface area contributed by atoms with Crippen molar-refractivity contribution in [3.8, 4) is 0 Å². The van der Waals surface area contributed by atoms with E-state index in [1.807, 2.05) is 0 Å². The van der Waals surface area contributed by atoms with E-state index in [1.165, 1.54) is 48.5 Å². The predicted molar refractivity (Wildman–Crippen MR) is 269 cm³/mol. The SMILES string of the molecule is C=CCOCC(COCC=C)(COCC=C)COC(=O)c1ccc(C(=O)OCC(COCC=C)(COCC=C)COC(=O)c2ccc(C(=O)OCC(COCC=C)(COCC=C)COCC=C)cc2)cc1. The van der Waals surface area contributed by atoms with Crippen molar-refractivity contribution in [2.75, 3.05) is 132 Å². The molecule has 2 aromatic rings. The van der Waals surface area contributed by atoms with Crippen LogP contribution in [-0.4, -0.2) is 156 Å². The minimum Gasteiger partial charge on any atom is -0.461 e. The van der Waals surface area contributed by atoms with Gasteiger partial charge in [-0.3, -0.25) is 0 Å². The van der Waals surface area contributed by atoms with Crippen LogP contribution in [0.25, 0.3) is 0 Å². The van der Waals surface area contributed by atoms with Gasteiger partial charge in [-0.25, -0.2) is 19.2 Å². The molecule has 16 nitrogen and oxygen atoms in total. The van der Waals surface area contributed by atoms with E-state index in [4.69, 9.17) is 56.8 Å². The molecule has 0 heterocycles. The van der Waals surface area contributed by atoms with Crippen molar-refractivity contribution < 1.29 is 76.0 Å². The van der Waals surface area contributed by atoms with Gasteiger partial charge in [0.15, 0.2) is 0 Å². The fraction of sp³-hybridized carbons (Fsp3) is 0.418. The summed E-state index contributed by atoms with van der Waals surface area (Å²) in [5, 5.41) is 0. The molecule has 71 heavy (non-hydrogen) atoms. The Bertz CT molecular complexity index is 1760. The third-order valence-corrected chi connectivity index (χ3v) is 9.90. The molecule has 2 aromatic carbocycles. The van der Waals surface area contributed by atoms with E-state index in [1.54, 1.807) is 48.6 Å². The van der Waals surface area contributed by atoms with Crippen LogP contribution in [0.3, 0.4) is 0 Å². The Morgan fingerprint density at radius 1 is 0.282 bits per heavy atom. The van der Waals surface area contributed by atoms with Crippen LogP contribution in [0.5, 0.6) is 0 Å². The quantitative estimate of drug-likeness (QED) is 0.0274. The predicted octanol–water partition coefficient (Wildman–Crippen LogP) is 7.59. The fourth-order valence-corrected chi connectivity index (χ4v) is 6.31. The van der Waals surface area contributed by atoms with Crippen LogP contribution in [0.4, 0.5) is 0 Å². The van der Waals surface area contributed by atoms with E-state index in [9.17, 15) is 19.2 Å². The monoisotopic (exact) mass is 988 g/mol. The summed E-state index contributed by atoms with van der Waals surface area (Å²) in [7, 11) is 0. The van der Waals surface area contributed by atoms with Crippen molar-refractivity contribution in [1.82, 2.24) is 0 Å². The van der Waals surface area contributed by atoms with E-state index in [2.05, 4.69) is 52.6 Å². The number of carbonyl (C=O) groups is 4. The van der Waals surface area contributed by atoms with E-state index < -0.39 is 40.1 Å². The first-order valence-electron chi connectivity index (χ1n) is 22.8. The highest BCUT2D eigenvalue weighted by atomic mass is 16.6. The first-order valence-corrected chi connectivity index (χ1v) is 22.8. The van der Waals surface area contributed by atoms with Gasteiger partial charge >= 0.3 is 23.9 Å². The summed E-state index contributed by atoms with van der Waals surface area (Å²) in [4.78, 5) is 53.6. The lowest BCUT2D eigenvalue weighted by Crippen LogP contribution is -2.43. The minimum atomic E-state index is -1.20. The van der Waals surface area contributed by atoms with Crippen molar-refractivity contribution in [3.05, 3.63) is 172 Å². The zero-order valence-corrected chi connectivity index (χ0v) is 41.1. The molecule has 16 heteroatoms. The first kappa shape index (κ1) is 61.0. The molecule has 0 amide bonds. The van der Waals surface area contributed by atoms with Crippen molar-refractivity contribution >= 4 is 23.9 Å². The molecular formula is C55H72O16. The largest absolute Gasteiger partial charge is 0.461 e. The standard InChI is InChI=1S/C55H72O16/c1-9-25-60-33-53(34-61-26-10-2,35-62-27-11-3)41-68-49(56)45-17-21-47(22-18-45)51(58)70-43-55(39-66-31-15-7,40-67-32-16-8)44-71-52(59)48-23-19-46(20-24-48)50(57)69-42-54(36-63-28-12-4,37-64-29-13-5)38-65-30-14-6/h9-24H,1-8,25-44H2. The average molecular weight is 989 g/mol. The molecule has 0 fully saturated rings. The zero-order chi connectivity index (χ0) is 52.1. The second-order valence-electron chi connectivity index (χ2n) is 16.4. The Kier molecular flexibility index (Phi) is 30.9. The molecule has 0 spiro atoms. The maximum atomic E-state index is 13.5. The molecular weight excluding hydrogens is 917 g/mol. The summed E-state index contributed by atoms with van der Waals surface area (Å²) in [5.41, 5.74) is -2.33. The highest BCUT2D eigenvalue weighted by Gasteiger charge is 2.37. The summed E-state index contributed by atoms with van der Waals surface area (Å²) in [6, 6.07) is 11.5. The third kappa shape index (κ3) is 23.6. The second-order valence-corrected chi connectivity index (χ2v) is 16.4. The molecule has 0 saturated heterocycles. The molecule has 2 rings (SSSR count). The Morgan fingerprint density at radius 3 is 0.563 bits per heavy atom. The lowest BCUT2D eigenvalue weighted by Gasteiger charge is -2.32. The number of benzene rings is 2. The molecule has 0 aliphatic carbocycles. The van der Waals surface area contributed by atoms with Gasteiger partial charge in [-0.15, -0.1) is 52.6 Å². The molecule has 388 valence electrons. The Hall–Kier alpha value is -6.08. The Morgan fingerprint density at radius 2 is 0.423 bits per heavy atom. The van der Waals surface area contributed by atoms with Crippen molar-refractivity contribution in [3.63, 3.8) is 0 Å². The van der Waals surface area contributed by atoms with E-state index in [0.717, 1.165) is 0 Å². The van der Waals surface area contributed by atoms with Gasteiger partial charge in [0.2, 0.25) is 0 Å². The van der Waals surface area contributed by atoms with Crippen LogP contribution in [-0.2, 0) is 56.8 Å². The normalized spacial score (nSPS) is 11.4. The lowest BCUT2D eigenvalue weighted by atomic mass is 9.92. The lowest BCUT2D eigenvalue weighted by molar-refractivity contribution is -0.0867. The number of carbonyl (C=O) groups excluding carboxylic acids is 4. The van der Waals surface area contributed by atoms with Gasteiger partial charge in [0.1, 0.15) is 26.4 Å². The number of ether oxygens (including phenoxy) is 12. The molecule has 0 aliphatic rings. The number of hydrogen-bond donors (Lipinski definition) is 0. The van der Waals surface area contributed by atoms with Gasteiger partial charge in [-0.05, 0) is 48.5 Å². The maximum absolute atomic E-state index is 13.5. The van der Waals surface area contributed by atoms with Gasteiger partial charge < -0.3 is 56.8 Å². The summed E-state index contributed by atoms with van der Waals surface area (Å²) in [5.74, 6) is -2.77.